The van der Waals surface area contributed by atoms with Crippen LogP contribution in [0.25, 0.3) is 0 Å². The zero-order valence-electron chi connectivity index (χ0n) is 9.36. The predicted molar refractivity (Wildman–Crippen MR) is 65.6 cm³/mol. The molecule has 1 heterocycles. The first-order chi connectivity index (χ1) is 7.15. The van der Waals surface area contributed by atoms with Gasteiger partial charge in [0, 0.05) is 31.2 Å². The molecule has 0 saturated carbocycles. The van der Waals surface area contributed by atoms with Gasteiger partial charge in [-0.3, -0.25) is 4.79 Å². The van der Waals surface area contributed by atoms with Crippen molar-refractivity contribution in [3.05, 3.63) is 22.7 Å². The van der Waals surface area contributed by atoms with E-state index in [1.54, 1.807) is 19.4 Å². The first-order valence-electron chi connectivity index (χ1n) is 4.93. The maximum atomic E-state index is 11.5. The fourth-order valence-corrected chi connectivity index (χ4v) is 1.48. The van der Waals surface area contributed by atoms with E-state index < -0.39 is 0 Å². The molecule has 84 valence electrons. The SMILES string of the molecule is CSC(C)CCNc1nccn(C)c1=O. The number of nitrogens with zero attached hydrogens (tertiary/aromatic N) is 2. The van der Waals surface area contributed by atoms with E-state index in [1.165, 1.54) is 4.57 Å². The molecule has 1 unspecified atom stereocenters. The van der Waals surface area contributed by atoms with Gasteiger partial charge in [0.2, 0.25) is 0 Å². The summed E-state index contributed by atoms with van der Waals surface area (Å²) in [5.41, 5.74) is -0.0747. The van der Waals surface area contributed by atoms with E-state index in [2.05, 4.69) is 23.5 Å². The minimum Gasteiger partial charge on any atom is -0.365 e. The highest BCUT2D eigenvalue weighted by Gasteiger charge is 2.03. The molecule has 0 amide bonds. The summed E-state index contributed by atoms with van der Waals surface area (Å²) < 4.78 is 1.52. The van der Waals surface area contributed by atoms with Crippen LogP contribution in [0.15, 0.2) is 17.2 Å². The molecule has 0 radical (unpaired) electrons. The van der Waals surface area contributed by atoms with E-state index in [-0.39, 0.29) is 5.56 Å². The summed E-state index contributed by atoms with van der Waals surface area (Å²) in [5, 5.41) is 3.66. The highest BCUT2D eigenvalue weighted by molar-refractivity contribution is 7.99. The molecule has 0 aliphatic carbocycles. The van der Waals surface area contributed by atoms with Crippen molar-refractivity contribution in [2.75, 3.05) is 18.1 Å². The van der Waals surface area contributed by atoms with Gasteiger partial charge in [-0.15, -0.1) is 0 Å². The number of hydrogen-bond acceptors (Lipinski definition) is 4. The Balaban J connectivity index is 2.51. The summed E-state index contributed by atoms with van der Waals surface area (Å²) in [6.07, 6.45) is 6.39. The van der Waals surface area contributed by atoms with Gasteiger partial charge >= 0.3 is 0 Å². The third kappa shape index (κ3) is 3.58. The highest BCUT2D eigenvalue weighted by Crippen LogP contribution is 2.08. The molecule has 1 rings (SSSR count). The molecule has 0 spiro atoms. The lowest BCUT2D eigenvalue weighted by Gasteiger charge is -2.09. The molecule has 0 aliphatic rings. The Hall–Kier alpha value is -0.970. The number of thioether (sulfide) groups is 1. The van der Waals surface area contributed by atoms with Crippen LogP contribution in [0.1, 0.15) is 13.3 Å². The van der Waals surface area contributed by atoms with Crippen LogP contribution in [0.4, 0.5) is 5.82 Å². The van der Waals surface area contributed by atoms with E-state index in [0.29, 0.717) is 11.1 Å². The van der Waals surface area contributed by atoms with Crippen molar-refractivity contribution >= 4 is 17.6 Å². The van der Waals surface area contributed by atoms with Gasteiger partial charge in [-0.25, -0.2) is 4.98 Å². The lowest BCUT2D eigenvalue weighted by molar-refractivity contribution is 0.818. The summed E-state index contributed by atoms with van der Waals surface area (Å²) in [6.45, 7) is 2.96. The van der Waals surface area contributed by atoms with Crippen LogP contribution < -0.4 is 10.9 Å². The average molecular weight is 227 g/mol. The zero-order chi connectivity index (χ0) is 11.3. The summed E-state index contributed by atoms with van der Waals surface area (Å²) in [4.78, 5) is 15.6. The largest absolute Gasteiger partial charge is 0.365 e. The number of nitrogens with one attached hydrogen (secondary N) is 1. The van der Waals surface area contributed by atoms with E-state index >= 15 is 0 Å². The number of hydrogen-bond donors (Lipinski definition) is 1. The molecule has 1 atom stereocenters. The molecule has 0 fully saturated rings. The Morgan fingerprint density at radius 3 is 3.07 bits per heavy atom. The second kappa shape index (κ2) is 5.80. The van der Waals surface area contributed by atoms with Crippen molar-refractivity contribution in [2.45, 2.75) is 18.6 Å². The fourth-order valence-electron chi connectivity index (χ4n) is 1.13. The third-order valence-corrected chi connectivity index (χ3v) is 3.30. The highest BCUT2D eigenvalue weighted by atomic mass is 32.2. The molecule has 1 aromatic heterocycles. The average Bonchev–Trinajstić information content (AvgIpc) is 2.24. The number of aryl methyl sites for hydroxylation is 1. The monoisotopic (exact) mass is 227 g/mol. The van der Waals surface area contributed by atoms with Gasteiger partial charge in [-0.2, -0.15) is 11.8 Å². The van der Waals surface area contributed by atoms with Crippen molar-refractivity contribution in [1.82, 2.24) is 9.55 Å². The minimum atomic E-state index is -0.0747. The van der Waals surface area contributed by atoms with Crippen LogP contribution in [0.3, 0.4) is 0 Å². The van der Waals surface area contributed by atoms with Crippen LogP contribution in [-0.2, 0) is 7.05 Å². The molecule has 4 nitrogen and oxygen atoms in total. The van der Waals surface area contributed by atoms with E-state index in [1.807, 2.05) is 11.8 Å². The van der Waals surface area contributed by atoms with Crippen LogP contribution in [0, 0.1) is 0 Å². The zero-order valence-corrected chi connectivity index (χ0v) is 10.2. The van der Waals surface area contributed by atoms with Gasteiger partial charge in [0.1, 0.15) is 0 Å². The molecule has 5 heteroatoms. The number of aromatic nitrogens is 2. The van der Waals surface area contributed by atoms with E-state index in [9.17, 15) is 4.79 Å². The van der Waals surface area contributed by atoms with Gasteiger partial charge < -0.3 is 9.88 Å². The van der Waals surface area contributed by atoms with E-state index in [4.69, 9.17) is 0 Å². The van der Waals surface area contributed by atoms with Crippen molar-refractivity contribution in [2.24, 2.45) is 7.05 Å². The Labute approximate surface area is 94.1 Å². The maximum Gasteiger partial charge on any atom is 0.293 e. The smallest absolute Gasteiger partial charge is 0.293 e. The molecular formula is C10H17N3OS. The van der Waals surface area contributed by atoms with Crippen molar-refractivity contribution in [1.29, 1.82) is 0 Å². The summed E-state index contributed by atoms with van der Waals surface area (Å²) in [6, 6.07) is 0. The Kier molecular flexibility index (Phi) is 4.68. The molecular weight excluding hydrogens is 210 g/mol. The Morgan fingerprint density at radius 1 is 1.67 bits per heavy atom. The molecule has 15 heavy (non-hydrogen) atoms. The van der Waals surface area contributed by atoms with Gasteiger partial charge in [-0.1, -0.05) is 6.92 Å². The minimum absolute atomic E-state index is 0.0747. The quantitative estimate of drug-likeness (QED) is 0.824. The van der Waals surface area contributed by atoms with Crippen molar-refractivity contribution in [3.8, 4) is 0 Å². The molecule has 0 aromatic carbocycles. The fraction of sp³-hybridized carbons (Fsp3) is 0.600. The molecule has 0 aliphatic heterocycles. The normalized spacial score (nSPS) is 12.5. The molecule has 1 aromatic rings. The van der Waals surface area contributed by atoms with Crippen molar-refractivity contribution < 1.29 is 0 Å². The van der Waals surface area contributed by atoms with Crippen LogP contribution >= 0.6 is 11.8 Å². The topological polar surface area (TPSA) is 46.9 Å². The van der Waals surface area contributed by atoms with Gasteiger partial charge in [-0.05, 0) is 12.7 Å². The summed E-state index contributed by atoms with van der Waals surface area (Å²) in [7, 11) is 1.72. The molecule has 0 bridgehead atoms. The second-order valence-electron chi connectivity index (χ2n) is 3.45. The van der Waals surface area contributed by atoms with Crippen LogP contribution in [-0.4, -0.2) is 27.6 Å². The van der Waals surface area contributed by atoms with Gasteiger partial charge in [0.15, 0.2) is 5.82 Å². The molecule has 0 saturated heterocycles. The maximum absolute atomic E-state index is 11.5. The first-order valence-corrected chi connectivity index (χ1v) is 6.22. The lowest BCUT2D eigenvalue weighted by Crippen LogP contribution is -2.23. The van der Waals surface area contributed by atoms with Crippen LogP contribution in [0.2, 0.25) is 0 Å². The summed E-state index contributed by atoms with van der Waals surface area (Å²) >= 11 is 1.82. The number of rotatable bonds is 5. The Morgan fingerprint density at radius 2 is 2.40 bits per heavy atom. The molecule has 1 N–H and O–H groups in total. The van der Waals surface area contributed by atoms with Gasteiger partial charge in [0.05, 0.1) is 0 Å². The lowest BCUT2D eigenvalue weighted by atomic mass is 10.3. The van der Waals surface area contributed by atoms with Crippen LogP contribution in [0.5, 0.6) is 0 Å². The first kappa shape index (κ1) is 12.1. The van der Waals surface area contributed by atoms with Gasteiger partial charge in [0.25, 0.3) is 5.56 Å². The summed E-state index contributed by atoms with van der Waals surface area (Å²) in [5.74, 6) is 0.438. The standard InChI is InChI=1S/C10H17N3OS/c1-8(15-3)4-5-11-9-10(14)13(2)7-6-12-9/h6-8H,4-5H2,1-3H3,(H,11,12). The second-order valence-corrected chi connectivity index (χ2v) is 4.73. The van der Waals surface area contributed by atoms with Crippen molar-refractivity contribution in [3.63, 3.8) is 0 Å². The van der Waals surface area contributed by atoms with E-state index in [0.717, 1.165) is 13.0 Å². The number of anilines is 1. The third-order valence-electron chi connectivity index (χ3n) is 2.26. The predicted octanol–water partition coefficient (Wildman–Crippen LogP) is 1.33. The Bertz CT molecular complexity index is 364.